The first-order valence-corrected chi connectivity index (χ1v) is 11.4. The number of carbonyl (C=O) groups is 2. The molecule has 1 aliphatic carbocycles. The lowest BCUT2D eigenvalue weighted by Gasteiger charge is -2.37. The molecule has 152 valence electrons. The van der Waals surface area contributed by atoms with Gasteiger partial charge in [0.05, 0.1) is 6.04 Å². The highest BCUT2D eigenvalue weighted by atomic mass is 32.1. The first-order valence-electron chi connectivity index (χ1n) is 10.5. The molecule has 1 aromatic carbocycles. The molecule has 1 aromatic heterocycles. The van der Waals surface area contributed by atoms with E-state index in [4.69, 9.17) is 0 Å². The molecule has 0 radical (unpaired) electrons. The zero-order valence-electron chi connectivity index (χ0n) is 16.8. The van der Waals surface area contributed by atoms with E-state index in [-0.39, 0.29) is 30.3 Å². The van der Waals surface area contributed by atoms with Crippen LogP contribution < -0.4 is 0 Å². The summed E-state index contributed by atoms with van der Waals surface area (Å²) in [6.45, 7) is 5.04. The highest BCUT2D eigenvalue weighted by Gasteiger charge is 2.35. The van der Waals surface area contributed by atoms with Gasteiger partial charge in [-0.15, -0.1) is 17.9 Å². The van der Waals surface area contributed by atoms with Crippen molar-refractivity contribution in [2.24, 2.45) is 5.92 Å². The molecule has 4 nitrogen and oxygen atoms in total. The maximum Gasteiger partial charge on any atom is 0.243 e. The van der Waals surface area contributed by atoms with Gasteiger partial charge in [0.1, 0.15) is 6.54 Å². The number of benzene rings is 1. The van der Waals surface area contributed by atoms with Crippen LogP contribution in [0.5, 0.6) is 0 Å². The summed E-state index contributed by atoms with van der Waals surface area (Å²) >= 11 is 1.77. The number of thiophene rings is 1. The molecule has 1 saturated carbocycles. The summed E-state index contributed by atoms with van der Waals surface area (Å²) in [6, 6.07) is 12.3. The highest BCUT2D eigenvalue weighted by Crippen LogP contribution is 2.38. The largest absolute Gasteiger partial charge is 0.330 e. The number of fused-ring (bicyclic) bond motifs is 1. The molecule has 1 atom stereocenters. The zero-order chi connectivity index (χ0) is 20.2. The summed E-state index contributed by atoms with van der Waals surface area (Å²) in [5, 5.41) is 2.11. The highest BCUT2D eigenvalue weighted by molar-refractivity contribution is 7.10. The van der Waals surface area contributed by atoms with E-state index in [0.717, 1.165) is 37.7 Å². The Kier molecular flexibility index (Phi) is 6.14. The molecule has 0 bridgehead atoms. The normalized spacial score (nSPS) is 19.0. The predicted octanol–water partition coefficient (Wildman–Crippen LogP) is 4.43. The van der Waals surface area contributed by atoms with Crippen molar-refractivity contribution >= 4 is 23.2 Å². The average molecular weight is 409 g/mol. The SMILES string of the molecule is C=CCN(CC(=O)N1CCc2sccc2C1c1ccccc1)C(=O)C1CCCC1. The topological polar surface area (TPSA) is 40.6 Å². The van der Waals surface area contributed by atoms with E-state index in [9.17, 15) is 9.59 Å². The standard InChI is InChI=1S/C24H28N2O2S/c1-2-14-25(24(28)19-10-6-7-11-19)17-22(27)26-15-12-21-20(13-16-29-21)23(26)18-8-4-3-5-9-18/h2-5,8-9,13,16,19,23H,1,6-7,10-12,14-15,17H2. The molecular formula is C24H28N2O2S. The van der Waals surface area contributed by atoms with Crippen LogP contribution in [0.15, 0.2) is 54.4 Å². The second kappa shape index (κ2) is 8.95. The predicted molar refractivity (Wildman–Crippen MR) is 117 cm³/mol. The summed E-state index contributed by atoms with van der Waals surface area (Å²) in [4.78, 5) is 31.4. The van der Waals surface area contributed by atoms with E-state index in [0.29, 0.717) is 13.1 Å². The van der Waals surface area contributed by atoms with Crippen molar-refractivity contribution < 1.29 is 9.59 Å². The average Bonchev–Trinajstić information content (AvgIpc) is 3.44. The number of nitrogens with zero attached hydrogens (tertiary/aromatic N) is 2. The zero-order valence-corrected chi connectivity index (χ0v) is 17.6. The molecule has 2 aromatic rings. The Morgan fingerprint density at radius 1 is 1.17 bits per heavy atom. The van der Waals surface area contributed by atoms with Crippen molar-refractivity contribution in [3.8, 4) is 0 Å². The van der Waals surface area contributed by atoms with E-state index in [1.54, 1.807) is 22.3 Å². The summed E-state index contributed by atoms with van der Waals surface area (Å²) in [5.41, 5.74) is 2.34. The van der Waals surface area contributed by atoms with Gasteiger partial charge in [-0.2, -0.15) is 0 Å². The summed E-state index contributed by atoms with van der Waals surface area (Å²) in [7, 11) is 0. The second-order valence-corrected chi connectivity index (χ2v) is 8.94. The number of rotatable bonds is 6. The number of hydrogen-bond donors (Lipinski definition) is 0. The molecule has 1 fully saturated rings. The summed E-state index contributed by atoms with van der Waals surface area (Å²) < 4.78 is 0. The van der Waals surface area contributed by atoms with Gasteiger partial charge in [0.15, 0.2) is 0 Å². The number of hydrogen-bond acceptors (Lipinski definition) is 3. The van der Waals surface area contributed by atoms with Crippen LogP contribution in [0.4, 0.5) is 0 Å². The fourth-order valence-corrected chi connectivity index (χ4v) is 5.56. The minimum absolute atomic E-state index is 0.0175. The van der Waals surface area contributed by atoms with Crippen LogP contribution in [0.2, 0.25) is 0 Å². The van der Waals surface area contributed by atoms with Crippen LogP contribution in [-0.4, -0.2) is 41.2 Å². The quantitative estimate of drug-likeness (QED) is 0.664. The lowest BCUT2D eigenvalue weighted by Crippen LogP contribution is -2.47. The van der Waals surface area contributed by atoms with Gasteiger partial charge in [0.2, 0.25) is 11.8 Å². The van der Waals surface area contributed by atoms with Gasteiger partial charge in [0, 0.05) is 23.9 Å². The Morgan fingerprint density at radius 2 is 1.93 bits per heavy atom. The molecular weight excluding hydrogens is 380 g/mol. The van der Waals surface area contributed by atoms with Gasteiger partial charge < -0.3 is 9.80 Å². The van der Waals surface area contributed by atoms with Crippen molar-refractivity contribution in [3.05, 3.63) is 70.4 Å². The van der Waals surface area contributed by atoms with Crippen LogP contribution in [0.25, 0.3) is 0 Å². The molecule has 5 heteroatoms. The van der Waals surface area contributed by atoms with Crippen molar-refractivity contribution in [1.29, 1.82) is 0 Å². The molecule has 0 saturated heterocycles. The fraction of sp³-hybridized carbons (Fsp3) is 0.417. The third-order valence-electron chi connectivity index (χ3n) is 6.09. The molecule has 4 rings (SSSR count). The Labute approximate surface area is 176 Å². The minimum Gasteiger partial charge on any atom is -0.330 e. The Balaban J connectivity index is 1.57. The monoisotopic (exact) mass is 408 g/mol. The van der Waals surface area contributed by atoms with Crippen molar-refractivity contribution in [3.63, 3.8) is 0 Å². The van der Waals surface area contributed by atoms with Crippen LogP contribution in [0.1, 0.15) is 47.7 Å². The summed E-state index contributed by atoms with van der Waals surface area (Å²) in [5.74, 6) is 0.196. The lowest BCUT2D eigenvalue weighted by molar-refractivity contribution is -0.143. The number of carbonyl (C=O) groups excluding carboxylic acids is 2. The van der Waals surface area contributed by atoms with Gasteiger partial charge >= 0.3 is 0 Å². The molecule has 2 heterocycles. The molecule has 2 amide bonds. The number of amides is 2. The molecule has 1 aliphatic heterocycles. The first-order chi connectivity index (χ1) is 14.2. The van der Waals surface area contributed by atoms with E-state index in [1.807, 2.05) is 23.1 Å². The minimum atomic E-state index is -0.0779. The van der Waals surface area contributed by atoms with Crippen molar-refractivity contribution in [2.45, 2.75) is 38.1 Å². The van der Waals surface area contributed by atoms with E-state index in [2.05, 4.69) is 30.2 Å². The fourth-order valence-electron chi connectivity index (χ4n) is 4.65. The third kappa shape index (κ3) is 4.15. The van der Waals surface area contributed by atoms with Crippen LogP contribution in [0.3, 0.4) is 0 Å². The van der Waals surface area contributed by atoms with Crippen LogP contribution in [0, 0.1) is 5.92 Å². The van der Waals surface area contributed by atoms with E-state index < -0.39 is 0 Å². The molecule has 0 N–H and O–H groups in total. The van der Waals surface area contributed by atoms with Crippen molar-refractivity contribution in [2.75, 3.05) is 19.6 Å². The van der Waals surface area contributed by atoms with E-state index >= 15 is 0 Å². The van der Waals surface area contributed by atoms with Crippen LogP contribution in [-0.2, 0) is 16.0 Å². The molecule has 0 spiro atoms. The van der Waals surface area contributed by atoms with Gasteiger partial charge in [-0.1, -0.05) is 49.2 Å². The van der Waals surface area contributed by atoms with Gasteiger partial charge in [-0.25, -0.2) is 0 Å². The first kappa shape index (κ1) is 19.9. The van der Waals surface area contributed by atoms with Gasteiger partial charge in [-0.3, -0.25) is 9.59 Å². The maximum absolute atomic E-state index is 13.4. The summed E-state index contributed by atoms with van der Waals surface area (Å²) in [6.07, 6.45) is 6.69. The Morgan fingerprint density at radius 3 is 2.66 bits per heavy atom. The lowest BCUT2D eigenvalue weighted by atomic mass is 9.93. The molecule has 2 aliphatic rings. The van der Waals surface area contributed by atoms with E-state index in [1.165, 1.54) is 10.4 Å². The van der Waals surface area contributed by atoms with Crippen LogP contribution >= 0.6 is 11.3 Å². The van der Waals surface area contributed by atoms with Crippen molar-refractivity contribution in [1.82, 2.24) is 9.80 Å². The maximum atomic E-state index is 13.4. The second-order valence-electron chi connectivity index (χ2n) is 7.94. The Bertz CT molecular complexity index is 870. The van der Waals surface area contributed by atoms with Gasteiger partial charge in [-0.05, 0) is 41.8 Å². The Hall–Kier alpha value is -2.40. The molecule has 1 unspecified atom stereocenters. The smallest absolute Gasteiger partial charge is 0.243 e. The third-order valence-corrected chi connectivity index (χ3v) is 7.09. The molecule has 29 heavy (non-hydrogen) atoms. The van der Waals surface area contributed by atoms with Gasteiger partial charge in [0.25, 0.3) is 0 Å².